The molecule has 1 aromatic heterocycles. The molecule has 19 heavy (non-hydrogen) atoms. The van der Waals surface area contributed by atoms with Crippen molar-refractivity contribution in [2.75, 3.05) is 5.32 Å². The van der Waals surface area contributed by atoms with E-state index in [1.165, 1.54) is 16.9 Å². The van der Waals surface area contributed by atoms with Crippen molar-refractivity contribution in [2.45, 2.75) is 33.4 Å². The topological polar surface area (TPSA) is 34.1 Å². The molecule has 0 radical (unpaired) electrons. The van der Waals surface area contributed by atoms with E-state index in [1.807, 2.05) is 26.0 Å². The van der Waals surface area contributed by atoms with Gasteiger partial charge in [-0.1, -0.05) is 17.7 Å². The van der Waals surface area contributed by atoms with Gasteiger partial charge >= 0.3 is 0 Å². The zero-order valence-corrected chi connectivity index (χ0v) is 12.8. The lowest BCUT2D eigenvalue weighted by Gasteiger charge is -2.13. The standard InChI is InChI=1S/C14H17ClN2OS/c1-9(2)18-11-5-4-10(3)13(6-11)16-7-12-8-17-14(15)19-12/h4-6,8-9,16H,7H2,1-3H3. The SMILES string of the molecule is Cc1ccc(OC(C)C)cc1NCc1cnc(Cl)s1. The second-order valence-electron chi connectivity index (χ2n) is 4.58. The number of thiazole rings is 1. The summed E-state index contributed by atoms with van der Waals surface area (Å²) in [5, 5.41) is 3.39. The van der Waals surface area contributed by atoms with Crippen LogP contribution in [0.15, 0.2) is 24.4 Å². The maximum absolute atomic E-state index is 5.82. The summed E-state index contributed by atoms with van der Waals surface area (Å²) in [5.74, 6) is 0.880. The highest BCUT2D eigenvalue weighted by Crippen LogP contribution is 2.24. The summed E-state index contributed by atoms with van der Waals surface area (Å²) in [7, 11) is 0. The highest BCUT2D eigenvalue weighted by molar-refractivity contribution is 7.15. The minimum Gasteiger partial charge on any atom is -0.491 e. The summed E-state index contributed by atoms with van der Waals surface area (Å²) in [6.45, 7) is 6.83. The van der Waals surface area contributed by atoms with Crippen LogP contribution < -0.4 is 10.1 Å². The quantitative estimate of drug-likeness (QED) is 0.882. The summed E-state index contributed by atoms with van der Waals surface area (Å²) in [4.78, 5) is 5.14. The van der Waals surface area contributed by atoms with Crippen LogP contribution in [0.1, 0.15) is 24.3 Å². The molecular weight excluding hydrogens is 280 g/mol. The van der Waals surface area contributed by atoms with E-state index < -0.39 is 0 Å². The summed E-state index contributed by atoms with van der Waals surface area (Å²) in [5.41, 5.74) is 2.26. The average Bonchev–Trinajstić information content (AvgIpc) is 2.75. The average molecular weight is 297 g/mol. The summed E-state index contributed by atoms with van der Waals surface area (Å²) < 4.78 is 6.27. The lowest BCUT2D eigenvalue weighted by molar-refractivity contribution is 0.242. The molecule has 0 saturated heterocycles. The number of nitrogens with one attached hydrogen (secondary N) is 1. The number of rotatable bonds is 5. The molecule has 0 spiro atoms. The predicted molar refractivity (Wildman–Crippen MR) is 81.4 cm³/mol. The van der Waals surface area contributed by atoms with E-state index in [2.05, 4.69) is 23.3 Å². The van der Waals surface area contributed by atoms with Gasteiger partial charge in [-0.3, -0.25) is 0 Å². The number of anilines is 1. The van der Waals surface area contributed by atoms with Gasteiger partial charge in [0.1, 0.15) is 5.75 Å². The molecule has 1 N–H and O–H groups in total. The number of benzene rings is 1. The first-order chi connectivity index (χ1) is 9.04. The van der Waals surface area contributed by atoms with Crippen LogP contribution >= 0.6 is 22.9 Å². The van der Waals surface area contributed by atoms with Gasteiger partial charge in [0.05, 0.1) is 12.6 Å². The van der Waals surface area contributed by atoms with E-state index >= 15 is 0 Å². The highest BCUT2D eigenvalue weighted by Gasteiger charge is 2.04. The van der Waals surface area contributed by atoms with Crippen molar-refractivity contribution in [1.82, 2.24) is 4.98 Å². The Kier molecular flexibility index (Phi) is 4.66. The third kappa shape index (κ3) is 4.11. The zero-order valence-electron chi connectivity index (χ0n) is 11.2. The Morgan fingerprint density at radius 2 is 2.21 bits per heavy atom. The van der Waals surface area contributed by atoms with Gasteiger partial charge in [0.2, 0.25) is 0 Å². The van der Waals surface area contributed by atoms with Crippen LogP contribution in [0.4, 0.5) is 5.69 Å². The lowest BCUT2D eigenvalue weighted by atomic mass is 10.2. The van der Waals surface area contributed by atoms with E-state index in [1.54, 1.807) is 6.20 Å². The molecule has 1 aromatic carbocycles. The molecule has 1 heterocycles. The van der Waals surface area contributed by atoms with Crippen LogP contribution in [0.25, 0.3) is 0 Å². The van der Waals surface area contributed by atoms with Crippen molar-refractivity contribution in [3.8, 4) is 5.75 Å². The van der Waals surface area contributed by atoms with Crippen molar-refractivity contribution in [3.05, 3.63) is 39.3 Å². The molecule has 0 atom stereocenters. The van der Waals surface area contributed by atoms with Crippen molar-refractivity contribution in [3.63, 3.8) is 0 Å². The van der Waals surface area contributed by atoms with E-state index in [9.17, 15) is 0 Å². The Balaban J connectivity index is 2.06. The lowest BCUT2D eigenvalue weighted by Crippen LogP contribution is -2.06. The van der Waals surface area contributed by atoms with Crippen LogP contribution in [0.2, 0.25) is 4.47 Å². The van der Waals surface area contributed by atoms with Gasteiger partial charge < -0.3 is 10.1 Å². The fourth-order valence-electron chi connectivity index (χ4n) is 1.68. The third-order valence-corrected chi connectivity index (χ3v) is 3.67. The molecule has 0 aliphatic carbocycles. The van der Waals surface area contributed by atoms with Crippen LogP contribution in [0, 0.1) is 6.92 Å². The van der Waals surface area contributed by atoms with Crippen molar-refractivity contribution >= 4 is 28.6 Å². The van der Waals surface area contributed by atoms with Gasteiger partial charge in [-0.25, -0.2) is 4.98 Å². The molecule has 0 bridgehead atoms. The zero-order chi connectivity index (χ0) is 13.8. The number of aryl methyl sites for hydroxylation is 1. The molecular formula is C14H17ClN2OS. The van der Waals surface area contributed by atoms with Crippen molar-refractivity contribution in [1.29, 1.82) is 0 Å². The molecule has 0 aliphatic rings. The predicted octanol–water partition coefficient (Wildman–Crippen LogP) is 4.50. The van der Waals surface area contributed by atoms with E-state index in [4.69, 9.17) is 16.3 Å². The summed E-state index contributed by atoms with van der Waals surface area (Å²) in [6.07, 6.45) is 1.97. The first-order valence-electron chi connectivity index (χ1n) is 6.16. The Morgan fingerprint density at radius 3 is 2.84 bits per heavy atom. The normalized spacial score (nSPS) is 10.8. The van der Waals surface area contributed by atoms with Crippen LogP contribution in [0.5, 0.6) is 5.75 Å². The molecule has 0 aliphatic heterocycles. The number of hydrogen-bond donors (Lipinski definition) is 1. The van der Waals surface area contributed by atoms with E-state index in [-0.39, 0.29) is 6.10 Å². The number of nitrogens with zero attached hydrogens (tertiary/aromatic N) is 1. The van der Waals surface area contributed by atoms with Gasteiger partial charge in [-0.15, -0.1) is 11.3 Å². The van der Waals surface area contributed by atoms with Crippen LogP contribution in [-0.4, -0.2) is 11.1 Å². The van der Waals surface area contributed by atoms with E-state index in [0.29, 0.717) is 4.47 Å². The van der Waals surface area contributed by atoms with Gasteiger partial charge in [0.15, 0.2) is 4.47 Å². The molecule has 5 heteroatoms. The minimum absolute atomic E-state index is 0.177. The fourth-order valence-corrected chi connectivity index (χ4v) is 2.60. The molecule has 3 nitrogen and oxygen atoms in total. The Morgan fingerprint density at radius 1 is 1.42 bits per heavy atom. The molecule has 0 unspecified atom stereocenters. The fraction of sp³-hybridized carbons (Fsp3) is 0.357. The number of aromatic nitrogens is 1. The maximum atomic E-state index is 5.82. The smallest absolute Gasteiger partial charge is 0.183 e. The Hall–Kier alpha value is -1.26. The van der Waals surface area contributed by atoms with Gasteiger partial charge in [0, 0.05) is 22.8 Å². The molecule has 0 amide bonds. The molecule has 2 aromatic rings. The summed E-state index contributed by atoms with van der Waals surface area (Å²) >= 11 is 7.30. The second kappa shape index (κ2) is 6.26. The highest BCUT2D eigenvalue weighted by atomic mass is 35.5. The van der Waals surface area contributed by atoms with Crippen molar-refractivity contribution in [2.24, 2.45) is 0 Å². The monoisotopic (exact) mass is 296 g/mol. The molecule has 2 rings (SSSR count). The minimum atomic E-state index is 0.177. The molecule has 0 saturated carbocycles. The third-order valence-electron chi connectivity index (χ3n) is 2.56. The largest absolute Gasteiger partial charge is 0.491 e. The van der Waals surface area contributed by atoms with E-state index in [0.717, 1.165) is 22.9 Å². The Bertz CT molecular complexity index is 554. The second-order valence-corrected chi connectivity index (χ2v) is 6.27. The first kappa shape index (κ1) is 14.2. The Labute approximate surface area is 122 Å². The first-order valence-corrected chi connectivity index (χ1v) is 7.35. The van der Waals surface area contributed by atoms with Crippen molar-refractivity contribution < 1.29 is 4.74 Å². The van der Waals surface area contributed by atoms with Gasteiger partial charge in [-0.05, 0) is 32.4 Å². The van der Waals surface area contributed by atoms with Crippen LogP contribution in [-0.2, 0) is 6.54 Å². The number of hydrogen-bond acceptors (Lipinski definition) is 4. The van der Waals surface area contributed by atoms with Gasteiger partial charge in [-0.2, -0.15) is 0 Å². The summed E-state index contributed by atoms with van der Waals surface area (Å²) in [6, 6.07) is 6.07. The maximum Gasteiger partial charge on any atom is 0.183 e. The van der Waals surface area contributed by atoms with Crippen LogP contribution in [0.3, 0.4) is 0 Å². The number of halogens is 1. The molecule has 102 valence electrons. The molecule has 0 fully saturated rings. The van der Waals surface area contributed by atoms with Gasteiger partial charge in [0.25, 0.3) is 0 Å². The number of ether oxygens (including phenoxy) is 1.